The van der Waals surface area contributed by atoms with Gasteiger partial charge in [-0.2, -0.15) is 0 Å². The normalized spacial score (nSPS) is 10.4. The molecule has 0 fully saturated rings. The van der Waals surface area contributed by atoms with E-state index >= 15 is 0 Å². The van der Waals surface area contributed by atoms with Crippen molar-refractivity contribution in [2.45, 2.75) is 13.8 Å². The third kappa shape index (κ3) is 3.41. The smallest absolute Gasteiger partial charge is 0.221 e. The summed E-state index contributed by atoms with van der Waals surface area (Å²) in [7, 11) is 0. The molecule has 0 spiro atoms. The monoisotopic (exact) mass is 319 g/mol. The summed E-state index contributed by atoms with van der Waals surface area (Å²) in [4.78, 5) is 26.9. The van der Waals surface area contributed by atoms with Gasteiger partial charge >= 0.3 is 0 Å². The third-order valence-electron chi connectivity index (χ3n) is 3.57. The molecule has 0 aliphatic heterocycles. The number of aromatic nitrogens is 1. The maximum absolute atomic E-state index is 11.4. The molecule has 5 nitrogen and oxygen atoms in total. The molecule has 2 N–H and O–H groups in total. The second-order valence-electron chi connectivity index (χ2n) is 5.54. The number of amides is 2. The molecule has 1 aromatic heterocycles. The predicted octanol–water partition coefficient (Wildman–Crippen LogP) is 3.82. The molecule has 0 aliphatic rings. The number of benzene rings is 2. The first-order chi connectivity index (χ1) is 11.5. The second kappa shape index (κ2) is 6.50. The lowest BCUT2D eigenvalue weighted by atomic mass is 10.0. The maximum Gasteiger partial charge on any atom is 0.221 e. The van der Waals surface area contributed by atoms with Crippen molar-refractivity contribution in [2.24, 2.45) is 0 Å². The number of hydrogen-bond donors (Lipinski definition) is 2. The van der Waals surface area contributed by atoms with Crippen LogP contribution in [0.2, 0.25) is 0 Å². The zero-order valence-electron chi connectivity index (χ0n) is 13.5. The first-order valence-corrected chi connectivity index (χ1v) is 7.57. The van der Waals surface area contributed by atoms with Crippen molar-refractivity contribution in [3.63, 3.8) is 0 Å². The average molecular weight is 319 g/mol. The van der Waals surface area contributed by atoms with Gasteiger partial charge in [-0.1, -0.05) is 18.2 Å². The molecule has 0 aliphatic carbocycles. The molecule has 120 valence electrons. The van der Waals surface area contributed by atoms with E-state index in [0.29, 0.717) is 0 Å². The van der Waals surface area contributed by atoms with E-state index < -0.39 is 0 Å². The van der Waals surface area contributed by atoms with Crippen molar-refractivity contribution in [2.75, 3.05) is 10.6 Å². The highest BCUT2D eigenvalue weighted by atomic mass is 16.2. The third-order valence-corrected chi connectivity index (χ3v) is 3.57. The van der Waals surface area contributed by atoms with E-state index in [1.165, 1.54) is 13.8 Å². The highest BCUT2D eigenvalue weighted by molar-refractivity contribution is 6.01. The minimum Gasteiger partial charge on any atom is -0.326 e. The Morgan fingerprint density at radius 1 is 0.875 bits per heavy atom. The Kier molecular flexibility index (Phi) is 4.24. The van der Waals surface area contributed by atoms with Crippen LogP contribution in [0.15, 0.2) is 54.7 Å². The van der Waals surface area contributed by atoms with E-state index in [2.05, 4.69) is 15.6 Å². The van der Waals surface area contributed by atoms with E-state index in [0.717, 1.165) is 33.4 Å². The SMILES string of the molecule is CC(=O)Nc1ccc(-c2cnc3cccc(NC(C)=O)c3c2)cc1. The van der Waals surface area contributed by atoms with Crippen LogP contribution in [0.1, 0.15) is 13.8 Å². The Balaban J connectivity index is 2.00. The van der Waals surface area contributed by atoms with Gasteiger partial charge in [0.15, 0.2) is 0 Å². The zero-order chi connectivity index (χ0) is 17.1. The number of rotatable bonds is 3. The summed E-state index contributed by atoms with van der Waals surface area (Å²) < 4.78 is 0. The fourth-order valence-electron chi connectivity index (χ4n) is 2.55. The predicted molar refractivity (Wildman–Crippen MR) is 95.8 cm³/mol. The van der Waals surface area contributed by atoms with Gasteiger partial charge in [0.2, 0.25) is 11.8 Å². The minimum atomic E-state index is -0.118. The Bertz CT molecular complexity index is 918. The number of nitrogens with one attached hydrogen (secondary N) is 2. The van der Waals surface area contributed by atoms with E-state index in [1.807, 2.05) is 48.5 Å². The molecule has 0 saturated heterocycles. The summed E-state index contributed by atoms with van der Waals surface area (Å²) in [5, 5.41) is 6.46. The van der Waals surface area contributed by atoms with Gasteiger partial charge in [-0.3, -0.25) is 14.6 Å². The lowest BCUT2D eigenvalue weighted by Crippen LogP contribution is -2.06. The van der Waals surface area contributed by atoms with Crippen LogP contribution < -0.4 is 10.6 Å². The molecule has 0 unspecified atom stereocenters. The molecule has 5 heteroatoms. The minimum absolute atomic E-state index is 0.102. The lowest BCUT2D eigenvalue weighted by molar-refractivity contribution is -0.115. The summed E-state index contributed by atoms with van der Waals surface area (Å²) in [5.41, 5.74) is 4.23. The van der Waals surface area contributed by atoms with Crippen LogP contribution in [0.5, 0.6) is 0 Å². The van der Waals surface area contributed by atoms with Crippen LogP contribution >= 0.6 is 0 Å². The Hall–Kier alpha value is -3.21. The molecule has 0 radical (unpaired) electrons. The fourth-order valence-corrected chi connectivity index (χ4v) is 2.55. The van der Waals surface area contributed by atoms with Gasteiger partial charge in [-0.25, -0.2) is 0 Å². The number of anilines is 2. The highest BCUT2D eigenvalue weighted by Crippen LogP contribution is 2.28. The highest BCUT2D eigenvalue weighted by Gasteiger charge is 2.06. The molecule has 24 heavy (non-hydrogen) atoms. The molecule has 0 bridgehead atoms. The summed E-state index contributed by atoms with van der Waals surface area (Å²) in [6.07, 6.45) is 1.80. The number of carbonyl (C=O) groups is 2. The quantitative estimate of drug-likeness (QED) is 0.771. The lowest BCUT2D eigenvalue weighted by Gasteiger charge is -2.09. The van der Waals surface area contributed by atoms with Gasteiger partial charge in [0.1, 0.15) is 0 Å². The van der Waals surface area contributed by atoms with Gasteiger partial charge in [0, 0.05) is 36.7 Å². The summed E-state index contributed by atoms with van der Waals surface area (Å²) in [6.45, 7) is 2.96. The van der Waals surface area contributed by atoms with Crippen molar-refractivity contribution in [3.05, 3.63) is 54.7 Å². The van der Waals surface area contributed by atoms with Crippen molar-refractivity contribution in [3.8, 4) is 11.1 Å². The van der Waals surface area contributed by atoms with E-state index in [-0.39, 0.29) is 11.8 Å². The molecule has 0 atom stereocenters. The molecule has 3 aromatic rings. The van der Waals surface area contributed by atoms with E-state index in [9.17, 15) is 9.59 Å². The van der Waals surface area contributed by atoms with E-state index in [4.69, 9.17) is 0 Å². The standard InChI is InChI=1S/C19H17N3O2/c1-12(23)21-16-8-6-14(7-9-16)15-10-17-18(20-11-15)4-3-5-19(17)22-13(2)24/h3-11H,1-2H3,(H,21,23)(H,22,24). The molecule has 1 heterocycles. The van der Waals surface area contributed by atoms with Crippen molar-refractivity contribution < 1.29 is 9.59 Å². The first-order valence-electron chi connectivity index (χ1n) is 7.57. The molecule has 3 rings (SSSR count). The first kappa shape index (κ1) is 15.7. The number of fused-ring (bicyclic) bond motifs is 1. The summed E-state index contributed by atoms with van der Waals surface area (Å²) >= 11 is 0. The topological polar surface area (TPSA) is 71.1 Å². The van der Waals surface area contributed by atoms with Crippen molar-refractivity contribution in [1.82, 2.24) is 4.98 Å². The second-order valence-corrected chi connectivity index (χ2v) is 5.54. The van der Waals surface area contributed by atoms with Gasteiger partial charge in [-0.15, -0.1) is 0 Å². The van der Waals surface area contributed by atoms with Crippen LogP contribution in [-0.2, 0) is 9.59 Å². The molecule has 2 aromatic carbocycles. The van der Waals surface area contributed by atoms with Crippen LogP contribution in [0.3, 0.4) is 0 Å². The van der Waals surface area contributed by atoms with Crippen molar-refractivity contribution >= 4 is 34.1 Å². The Labute approximate surface area is 139 Å². The number of hydrogen-bond acceptors (Lipinski definition) is 3. The number of pyridine rings is 1. The van der Waals surface area contributed by atoms with Gasteiger partial charge < -0.3 is 10.6 Å². The fraction of sp³-hybridized carbons (Fsp3) is 0.105. The van der Waals surface area contributed by atoms with Gasteiger partial charge in [0.25, 0.3) is 0 Å². The molecule has 0 saturated carbocycles. The average Bonchev–Trinajstić information content (AvgIpc) is 2.54. The van der Waals surface area contributed by atoms with Crippen LogP contribution in [0, 0.1) is 0 Å². The van der Waals surface area contributed by atoms with Crippen LogP contribution in [0.25, 0.3) is 22.0 Å². The maximum atomic E-state index is 11.4. The summed E-state index contributed by atoms with van der Waals surface area (Å²) in [6, 6.07) is 15.2. The van der Waals surface area contributed by atoms with Crippen molar-refractivity contribution in [1.29, 1.82) is 0 Å². The number of carbonyl (C=O) groups excluding carboxylic acids is 2. The zero-order valence-corrected chi connectivity index (χ0v) is 13.5. The summed E-state index contributed by atoms with van der Waals surface area (Å²) in [5.74, 6) is -0.220. The molecular weight excluding hydrogens is 302 g/mol. The molecular formula is C19H17N3O2. The van der Waals surface area contributed by atoms with Crippen LogP contribution in [-0.4, -0.2) is 16.8 Å². The number of nitrogens with zero attached hydrogens (tertiary/aromatic N) is 1. The van der Waals surface area contributed by atoms with E-state index in [1.54, 1.807) is 6.20 Å². The van der Waals surface area contributed by atoms with Gasteiger partial charge in [-0.05, 0) is 35.9 Å². The molecule has 2 amide bonds. The van der Waals surface area contributed by atoms with Gasteiger partial charge in [0.05, 0.1) is 11.2 Å². The Morgan fingerprint density at radius 3 is 2.25 bits per heavy atom. The van der Waals surface area contributed by atoms with Crippen LogP contribution in [0.4, 0.5) is 11.4 Å². The Morgan fingerprint density at radius 2 is 1.58 bits per heavy atom. The largest absolute Gasteiger partial charge is 0.326 e.